The third-order valence-electron chi connectivity index (χ3n) is 5.02. The van der Waals surface area contributed by atoms with Crippen molar-refractivity contribution in [3.05, 3.63) is 41.3 Å². The molecule has 4 rings (SSSR count). The number of carboxylic acid groups (broad SMARTS) is 2. The second-order valence-electron chi connectivity index (χ2n) is 7.21. The largest absolute Gasteiger partial charge is 0.490 e. The minimum absolute atomic E-state index is 0.0214. The number of carbonyl (C=O) groups is 3. The van der Waals surface area contributed by atoms with Gasteiger partial charge in [0.05, 0.1) is 17.4 Å². The fourth-order valence-electron chi connectivity index (χ4n) is 3.39. The number of piperidine rings is 1. The lowest BCUT2D eigenvalue weighted by Gasteiger charge is -2.31. The van der Waals surface area contributed by atoms with Gasteiger partial charge in [0.2, 0.25) is 5.95 Å². The van der Waals surface area contributed by atoms with Crippen molar-refractivity contribution in [1.29, 1.82) is 0 Å². The first kappa shape index (κ1) is 24.5. The minimum Gasteiger partial charge on any atom is -0.477 e. The average molecular weight is 487 g/mol. The highest BCUT2D eigenvalue weighted by atomic mass is 19.4. The van der Waals surface area contributed by atoms with Gasteiger partial charge in [0.1, 0.15) is 17.5 Å². The van der Waals surface area contributed by atoms with Crippen molar-refractivity contribution >= 4 is 34.9 Å². The van der Waals surface area contributed by atoms with Gasteiger partial charge in [-0.1, -0.05) is 0 Å². The monoisotopic (exact) mass is 487 g/mol. The number of halogens is 4. The average Bonchev–Trinajstić information content (AvgIpc) is 3.35. The first-order valence-electron chi connectivity index (χ1n) is 9.59. The SMILES string of the molecule is Nc1ncc(F)c(C2CCN(C(=O)c3cc4occ(C(=O)O)c4[nH]3)CC2)n1.O=C(O)C(F)(F)F. The number of hydrogen-bond donors (Lipinski definition) is 4. The predicted octanol–water partition coefficient (Wildman–Crippen LogP) is 2.62. The molecule has 0 spiro atoms. The minimum atomic E-state index is -5.08. The Balaban J connectivity index is 0.000000406. The van der Waals surface area contributed by atoms with E-state index in [0.29, 0.717) is 31.5 Å². The van der Waals surface area contributed by atoms with Crippen LogP contribution in [0.5, 0.6) is 0 Å². The number of H-pyrrole nitrogens is 1. The molecular formula is C19H17F4N5O6. The molecule has 1 aliphatic rings. The van der Waals surface area contributed by atoms with Gasteiger partial charge in [0.25, 0.3) is 5.91 Å². The van der Waals surface area contributed by atoms with Gasteiger partial charge in [-0.15, -0.1) is 0 Å². The highest BCUT2D eigenvalue weighted by Gasteiger charge is 2.38. The lowest BCUT2D eigenvalue weighted by atomic mass is 9.93. The molecule has 0 atom stereocenters. The Labute approximate surface area is 187 Å². The second kappa shape index (κ2) is 9.36. The molecule has 182 valence electrons. The summed E-state index contributed by atoms with van der Waals surface area (Å²) in [5.74, 6) is -4.78. The van der Waals surface area contributed by atoms with Crippen LogP contribution in [0.15, 0.2) is 22.9 Å². The zero-order valence-corrected chi connectivity index (χ0v) is 17.1. The maximum Gasteiger partial charge on any atom is 0.490 e. The number of aromatic amines is 1. The molecule has 15 heteroatoms. The van der Waals surface area contributed by atoms with Crippen LogP contribution in [-0.4, -0.2) is 67.2 Å². The molecule has 34 heavy (non-hydrogen) atoms. The van der Waals surface area contributed by atoms with Gasteiger partial charge in [-0.3, -0.25) is 4.79 Å². The first-order chi connectivity index (χ1) is 15.9. The lowest BCUT2D eigenvalue weighted by molar-refractivity contribution is -0.192. The fourth-order valence-corrected chi connectivity index (χ4v) is 3.39. The lowest BCUT2D eigenvalue weighted by Crippen LogP contribution is -2.38. The van der Waals surface area contributed by atoms with Crippen LogP contribution in [0.4, 0.5) is 23.5 Å². The van der Waals surface area contributed by atoms with E-state index in [4.69, 9.17) is 25.2 Å². The smallest absolute Gasteiger partial charge is 0.477 e. The number of rotatable bonds is 3. The summed E-state index contributed by atoms with van der Waals surface area (Å²) in [6, 6.07) is 1.49. The summed E-state index contributed by atoms with van der Waals surface area (Å²) in [6.45, 7) is 0.831. The standard InChI is InChI=1S/C17H16FN5O4.C2HF3O2/c18-10-6-20-17(19)22-13(10)8-1-3-23(4-2-8)15(24)11-5-12-14(21-11)9(7-27-12)16(25)26;3-2(4,5)1(6)7/h5-8,21H,1-4H2,(H,25,26)(H2,19,20,22);(H,6,7). The number of amides is 1. The fraction of sp³-hybridized carbons (Fsp3) is 0.316. The summed E-state index contributed by atoms with van der Waals surface area (Å²) in [5, 5.41) is 16.2. The summed E-state index contributed by atoms with van der Waals surface area (Å²) in [7, 11) is 0. The number of nitrogens with two attached hydrogens (primary N) is 1. The van der Waals surface area contributed by atoms with Crippen LogP contribution in [0, 0.1) is 5.82 Å². The Morgan fingerprint density at radius 2 is 1.82 bits per heavy atom. The Morgan fingerprint density at radius 3 is 2.38 bits per heavy atom. The number of nitrogen functional groups attached to an aromatic ring is 1. The summed E-state index contributed by atoms with van der Waals surface area (Å²) >= 11 is 0. The van der Waals surface area contributed by atoms with Crippen molar-refractivity contribution in [2.45, 2.75) is 24.9 Å². The molecule has 0 aliphatic carbocycles. The number of nitrogens with zero attached hydrogens (tertiary/aromatic N) is 3. The molecule has 3 aromatic rings. The molecule has 1 fully saturated rings. The molecule has 5 N–H and O–H groups in total. The van der Waals surface area contributed by atoms with Crippen molar-refractivity contribution in [2.24, 2.45) is 0 Å². The van der Waals surface area contributed by atoms with Crippen molar-refractivity contribution < 1.29 is 46.6 Å². The van der Waals surface area contributed by atoms with Gasteiger partial charge in [-0.05, 0) is 12.8 Å². The zero-order valence-electron chi connectivity index (χ0n) is 17.1. The van der Waals surface area contributed by atoms with Crippen molar-refractivity contribution in [3.63, 3.8) is 0 Å². The van der Waals surface area contributed by atoms with Crippen molar-refractivity contribution in [2.75, 3.05) is 18.8 Å². The number of alkyl halides is 3. The Hall–Kier alpha value is -4.17. The number of likely N-dealkylation sites (tertiary alicyclic amines) is 1. The van der Waals surface area contributed by atoms with Crippen molar-refractivity contribution in [1.82, 2.24) is 19.9 Å². The summed E-state index contributed by atoms with van der Waals surface area (Å²) in [6.07, 6.45) is -1.82. The van der Waals surface area contributed by atoms with E-state index in [1.54, 1.807) is 4.90 Å². The number of fused-ring (bicyclic) bond motifs is 1. The highest BCUT2D eigenvalue weighted by molar-refractivity contribution is 6.04. The number of nitrogens with one attached hydrogen (secondary N) is 1. The molecule has 1 amide bonds. The summed E-state index contributed by atoms with van der Waals surface area (Å²) < 4.78 is 50.8. The number of hydrogen-bond acceptors (Lipinski definition) is 7. The molecule has 1 saturated heterocycles. The number of aromatic carboxylic acids is 1. The number of carbonyl (C=O) groups excluding carboxylic acids is 1. The van der Waals surface area contributed by atoms with E-state index in [2.05, 4.69) is 15.0 Å². The normalized spacial score (nSPS) is 14.5. The van der Waals surface area contributed by atoms with E-state index in [1.807, 2.05) is 0 Å². The zero-order chi connectivity index (χ0) is 25.2. The molecule has 0 radical (unpaired) electrons. The maximum atomic E-state index is 13.9. The van der Waals surface area contributed by atoms with Gasteiger partial charge in [0.15, 0.2) is 11.4 Å². The van der Waals surface area contributed by atoms with Gasteiger partial charge in [-0.2, -0.15) is 13.2 Å². The quantitative estimate of drug-likeness (QED) is 0.405. The Morgan fingerprint density at radius 1 is 1.21 bits per heavy atom. The van der Waals surface area contributed by atoms with Gasteiger partial charge in [0, 0.05) is 25.1 Å². The highest BCUT2D eigenvalue weighted by Crippen LogP contribution is 2.30. The van der Waals surface area contributed by atoms with E-state index in [-0.39, 0.29) is 40.2 Å². The van der Waals surface area contributed by atoms with E-state index < -0.39 is 23.9 Å². The van der Waals surface area contributed by atoms with Crippen LogP contribution < -0.4 is 5.73 Å². The summed E-state index contributed by atoms with van der Waals surface area (Å²) in [4.78, 5) is 44.8. The molecule has 11 nitrogen and oxygen atoms in total. The van der Waals surface area contributed by atoms with Crippen LogP contribution >= 0.6 is 0 Å². The topological polar surface area (TPSA) is 176 Å². The van der Waals surface area contributed by atoms with E-state index in [1.165, 1.54) is 6.07 Å². The third kappa shape index (κ3) is 5.24. The second-order valence-corrected chi connectivity index (χ2v) is 7.21. The Kier molecular flexibility index (Phi) is 6.74. The Bertz CT molecular complexity index is 1230. The van der Waals surface area contributed by atoms with E-state index in [0.717, 1.165) is 12.5 Å². The molecule has 0 bridgehead atoms. The number of carboxylic acids is 2. The summed E-state index contributed by atoms with van der Waals surface area (Å²) in [5.41, 5.74) is 6.62. The van der Waals surface area contributed by atoms with Gasteiger partial charge >= 0.3 is 18.1 Å². The van der Waals surface area contributed by atoms with Crippen LogP contribution in [0.25, 0.3) is 11.1 Å². The van der Waals surface area contributed by atoms with Crippen LogP contribution in [0.2, 0.25) is 0 Å². The van der Waals surface area contributed by atoms with Crippen LogP contribution in [0.3, 0.4) is 0 Å². The molecule has 3 aromatic heterocycles. The van der Waals surface area contributed by atoms with Gasteiger partial charge in [-0.25, -0.2) is 23.9 Å². The maximum absolute atomic E-state index is 13.9. The number of furan rings is 1. The molecule has 0 aromatic carbocycles. The molecular weight excluding hydrogens is 470 g/mol. The van der Waals surface area contributed by atoms with Crippen LogP contribution in [-0.2, 0) is 4.79 Å². The molecule has 4 heterocycles. The van der Waals surface area contributed by atoms with Crippen molar-refractivity contribution in [3.8, 4) is 0 Å². The predicted molar refractivity (Wildman–Crippen MR) is 105 cm³/mol. The number of aliphatic carboxylic acids is 1. The molecule has 0 unspecified atom stereocenters. The first-order valence-corrected chi connectivity index (χ1v) is 9.59. The van der Waals surface area contributed by atoms with Gasteiger partial charge < -0.3 is 30.2 Å². The molecule has 1 aliphatic heterocycles. The van der Waals surface area contributed by atoms with Crippen LogP contribution in [0.1, 0.15) is 45.3 Å². The van der Waals surface area contributed by atoms with E-state index >= 15 is 0 Å². The third-order valence-corrected chi connectivity index (χ3v) is 5.02. The number of aromatic nitrogens is 3. The number of anilines is 1. The molecule has 0 saturated carbocycles. The van der Waals surface area contributed by atoms with E-state index in [9.17, 15) is 27.2 Å².